The van der Waals surface area contributed by atoms with Crippen LogP contribution in [-0.2, 0) is 6.11 Å². The van der Waals surface area contributed by atoms with E-state index in [4.69, 9.17) is 0 Å². The summed E-state index contributed by atoms with van der Waals surface area (Å²) in [7, 11) is 0. The first-order chi connectivity index (χ1) is 24.2. The van der Waals surface area contributed by atoms with Crippen LogP contribution in [0.5, 0.6) is 5.75 Å². The largest absolute Gasteiger partial charge is 0.432 e. The summed E-state index contributed by atoms with van der Waals surface area (Å²) in [5.41, 5.74) is -2.58. The minimum absolute atomic E-state index is 0.0248. The molecule has 51 heavy (non-hydrogen) atoms. The summed E-state index contributed by atoms with van der Waals surface area (Å²) in [4.78, 5) is 0. The number of benzene rings is 3. The molecular weight excluding hydrogens is 679 g/mol. The van der Waals surface area contributed by atoms with Crippen molar-refractivity contribution in [3.05, 3.63) is 106 Å². The Morgan fingerprint density at radius 1 is 0.882 bits per heavy atom. The fourth-order valence-electron chi connectivity index (χ4n) is 5.40. The van der Waals surface area contributed by atoms with E-state index in [0.29, 0.717) is 29.8 Å². The van der Waals surface area contributed by atoms with Gasteiger partial charge in [-0.05, 0) is 76.9 Å². The number of allylic oxidation sites excluding steroid dienone is 4. The molecule has 0 spiro atoms. The maximum Gasteiger partial charge on any atom is 0.432 e. The SMILES string of the molecule is CC.CC(C)c1ccc(-c2cc(F)c(C(F)(F)Oc3ccc(C(/C=C(/F)CF)=C/CF)c(F)c3)c(F)c2)c(F)c1.CCC(C)CCCC1CCC1. The molecule has 1 nitrogen and oxygen atoms in total. The van der Waals surface area contributed by atoms with Crippen LogP contribution in [-0.4, -0.2) is 13.3 Å². The van der Waals surface area contributed by atoms with Crippen LogP contribution in [0, 0.1) is 35.1 Å². The minimum atomic E-state index is -4.64. The van der Waals surface area contributed by atoms with Crippen LogP contribution >= 0.6 is 0 Å². The fraction of sp³-hybridized carbons (Fsp3) is 0.463. The molecule has 1 aliphatic carbocycles. The Balaban J connectivity index is 0.000000585. The average molecular weight is 729 g/mol. The summed E-state index contributed by atoms with van der Waals surface area (Å²) < 4.78 is 131. The predicted octanol–water partition coefficient (Wildman–Crippen LogP) is 14.4. The maximum absolute atomic E-state index is 14.8. The number of alkyl halides is 4. The number of rotatable bonds is 14. The van der Waals surface area contributed by atoms with Crippen LogP contribution in [0.1, 0.15) is 109 Å². The Kier molecular flexibility index (Phi) is 17.9. The fourth-order valence-corrected chi connectivity index (χ4v) is 5.40. The molecule has 0 saturated heterocycles. The summed E-state index contributed by atoms with van der Waals surface area (Å²) in [5, 5.41) is 0. The molecule has 3 aromatic rings. The zero-order valence-corrected chi connectivity index (χ0v) is 30.2. The van der Waals surface area contributed by atoms with Crippen molar-refractivity contribution < 1.29 is 44.3 Å². The van der Waals surface area contributed by atoms with E-state index in [1.165, 1.54) is 57.1 Å². The summed E-state index contributed by atoms with van der Waals surface area (Å²) >= 11 is 0. The highest BCUT2D eigenvalue weighted by Crippen LogP contribution is 2.38. The first-order valence-corrected chi connectivity index (χ1v) is 17.5. The molecule has 1 unspecified atom stereocenters. The van der Waals surface area contributed by atoms with Crippen LogP contribution in [0.2, 0.25) is 0 Å². The van der Waals surface area contributed by atoms with Crippen LogP contribution in [0.4, 0.5) is 39.5 Å². The highest BCUT2D eigenvalue weighted by atomic mass is 19.3. The van der Waals surface area contributed by atoms with Crippen molar-refractivity contribution in [3.63, 3.8) is 0 Å². The highest BCUT2D eigenvalue weighted by Gasteiger charge is 2.41. The van der Waals surface area contributed by atoms with Crippen molar-refractivity contribution in [2.75, 3.05) is 13.3 Å². The van der Waals surface area contributed by atoms with E-state index >= 15 is 0 Å². The van der Waals surface area contributed by atoms with E-state index < -0.39 is 71.0 Å². The molecule has 1 fully saturated rings. The Bertz CT molecular complexity index is 1560. The van der Waals surface area contributed by atoms with Gasteiger partial charge in [-0.2, -0.15) is 8.78 Å². The lowest BCUT2D eigenvalue weighted by Crippen LogP contribution is -2.25. The summed E-state index contributed by atoms with van der Waals surface area (Å²) in [6, 6.07) is 7.04. The molecule has 4 rings (SSSR count). The van der Waals surface area contributed by atoms with Crippen LogP contribution in [0.15, 0.2) is 66.5 Å². The molecule has 282 valence electrons. The first kappa shape index (κ1) is 43.5. The van der Waals surface area contributed by atoms with Crippen molar-refractivity contribution in [1.82, 2.24) is 0 Å². The molecule has 0 aromatic heterocycles. The Hall–Kier alpha value is -3.69. The summed E-state index contributed by atoms with van der Waals surface area (Å²) in [6.07, 6.45) is 7.02. The molecule has 1 saturated carbocycles. The van der Waals surface area contributed by atoms with Gasteiger partial charge in [0.2, 0.25) is 0 Å². The Labute approximate surface area is 296 Å². The quantitative estimate of drug-likeness (QED) is 0.119. The third-order valence-corrected chi connectivity index (χ3v) is 8.77. The van der Waals surface area contributed by atoms with E-state index in [9.17, 15) is 39.5 Å². The second-order valence-corrected chi connectivity index (χ2v) is 12.7. The Morgan fingerprint density at radius 2 is 1.53 bits per heavy atom. The van der Waals surface area contributed by atoms with Crippen molar-refractivity contribution in [3.8, 4) is 16.9 Å². The molecular formula is C41H49F9O. The third-order valence-electron chi connectivity index (χ3n) is 8.77. The van der Waals surface area contributed by atoms with Gasteiger partial charge < -0.3 is 4.74 Å². The van der Waals surface area contributed by atoms with Gasteiger partial charge in [0.15, 0.2) is 0 Å². The lowest BCUT2D eigenvalue weighted by molar-refractivity contribution is -0.189. The monoisotopic (exact) mass is 728 g/mol. The third kappa shape index (κ3) is 12.8. The molecule has 10 heteroatoms. The zero-order chi connectivity index (χ0) is 38.3. The normalized spacial score (nSPS) is 14.3. The van der Waals surface area contributed by atoms with Crippen molar-refractivity contribution in [2.24, 2.45) is 11.8 Å². The summed E-state index contributed by atoms with van der Waals surface area (Å²) in [6.45, 7) is 9.60. The van der Waals surface area contributed by atoms with Crippen LogP contribution in [0.3, 0.4) is 0 Å². The highest BCUT2D eigenvalue weighted by molar-refractivity contribution is 5.75. The molecule has 0 radical (unpaired) electrons. The van der Waals surface area contributed by atoms with E-state index in [2.05, 4.69) is 18.6 Å². The van der Waals surface area contributed by atoms with Gasteiger partial charge in [-0.15, -0.1) is 0 Å². The van der Waals surface area contributed by atoms with Gasteiger partial charge in [-0.3, -0.25) is 0 Å². The van der Waals surface area contributed by atoms with Gasteiger partial charge in [-0.25, -0.2) is 30.7 Å². The van der Waals surface area contributed by atoms with Gasteiger partial charge in [0.25, 0.3) is 0 Å². The van der Waals surface area contributed by atoms with Crippen LogP contribution < -0.4 is 4.74 Å². The topological polar surface area (TPSA) is 9.23 Å². The number of hydrogen-bond acceptors (Lipinski definition) is 1. The predicted molar refractivity (Wildman–Crippen MR) is 188 cm³/mol. The number of halogens is 9. The second-order valence-electron chi connectivity index (χ2n) is 12.7. The lowest BCUT2D eigenvalue weighted by Gasteiger charge is -2.25. The average Bonchev–Trinajstić information content (AvgIpc) is 3.06. The standard InChI is InChI=1S/C28H21F9O.C11H22.C2H6/c1-15(2)16-3-5-22(23(32)10-16)18-11-25(34)27(26(35)12-18)28(36,37)38-20-4-6-21(24(33)13-20)17(7-8-29)9-19(31)14-30;1-3-10(2)6-4-7-11-8-5-9-11;1-2/h3-7,9-13,15H,8,14H2,1-2H3;10-11H,3-9H2,1-2H3;1-2H3/b17-7+,19-9+;;. The van der Waals surface area contributed by atoms with Gasteiger partial charge in [0.1, 0.15) is 53.8 Å². The molecule has 1 atom stereocenters. The molecule has 3 aromatic carbocycles. The van der Waals surface area contributed by atoms with E-state index in [-0.39, 0.29) is 17.0 Å². The first-order valence-electron chi connectivity index (χ1n) is 17.5. The van der Waals surface area contributed by atoms with E-state index in [1.54, 1.807) is 6.07 Å². The van der Waals surface area contributed by atoms with E-state index in [0.717, 1.165) is 30.0 Å². The Morgan fingerprint density at radius 3 is 2.02 bits per heavy atom. The smallest absolute Gasteiger partial charge is 0.429 e. The van der Waals surface area contributed by atoms with Crippen LogP contribution in [0.25, 0.3) is 16.7 Å². The molecule has 0 heterocycles. The van der Waals surface area contributed by atoms with E-state index in [1.807, 2.05) is 27.7 Å². The minimum Gasteiger partial charge on any atom is -0.429 e. The van der Waals surface area contributed by atoms with Crippen molar-refractivity contribution >= 4 is 5.57 Å². The zero-order valence-electron chi connectivity index (χ0n) is 30.2. The van der Waals surface area contributed by atoms with Gasteiger partial charge in [0, 0.05) is 17.2 Å². The van der Waals surface area contributed by atoms with Gasteiger partial charge in [-0.1, -0.05) is 98.6 Å². The second kappa shape index (κ2) is 21.0. The molecule has 0 aliphatic heterocycles. The van der Waals surface area contributed by atoms with Gasteiger partial charge in [0.05, 0.1) is 0 Å². The maximum atomic E-state index is 14.8. The van der Waals surface area contributed by atoms with Crippen molar-refractivity contribution in [2.45, 2.75) is 98.5 Å². The molecule has 0 bridgehead atoms. The number of hydrogen-bond donors (Lipinski definition) is 0. The number of ether oxygens (including phenoxy) is 1. The molecule has 1 aliphatic rings. The van der Waals surface area contributed by atoms with Crippen molar-refractivity contribution in [1.29, 1.82) is 0 Å². The summed E-state index contributed by atoms with van der Waals surface area (Å²) in [5.74, 6) is -5.70. The molecule has 0 N–H and O–H groups in total. The molecule has 0 amide bonds. The van der Waals surface area contributed by atoms with Gasteiger partial charge >= 0.3 is 6.11 Å². The lowest BCUT2D eigenvalue weighted by atomic mass is 9.81.